The summed E-state index contributed by atoms with van der Waals surface area (Å²) in [5.74, 6) is 0. The van der Waals surface area contributed by atoms with Gasteiger partial charge < -0.3 is 10.6 Å². The molecule has 2 heterocycles. The number of rotatable bonds is 0. The molecule has 0 amide bonds. The average molecular weight is 154 g/mol. The first-order valence-electron chi connectivity index (χ1n) is 4.83. The molecule has 2 nitrogen and oxygen atoms in total. The Bertz CT molecular complexity index is 120. The highest BCUT2D eigenvalue weighted by atomic mass is 15.0. The van der Waals surface area contributed by atoms with Gasteiger partial charge in [0.25, 0.3) is 0 Å². The van der Waals surface area contributed by atoms with Gasteiger partial charge in [-0.3, -0.25) is 0 Å². The van der Waals surface area contributed by atoms with Gasteiger partial charge in [-0.1, -0.05) is 0 Å². The van der Waals surface area contributed by atoms with Crippen LogP contribution in [0.3, 0.4) is 0 Å². The normalized spacial score (nSPS) is 30.5. The van der Waals surface area contributed by atoms with Crippen molar-refractivity contribution in [1.29, 1.82) is 0 Å². The molecule has 0 bridgehead atoms. The lowest BCUT2D eigenvalue weighted by Crippen LogP contribution is -2.54. The highest BCUT2D eigenvalue weighted by Gasteiger charge is 2.35. The molecule has 0 aromatic carbocycles. The van der Waals surface area contributed by atoms with Crippen molar-refractivity contribution >= 4 is 0 Å². The van der Waals surface area contributed by atoms with Crippen molar-refractivity contribution < 1.29 is 0 Å². The zero-order valence-electron chi connectivity index (χ0n) is 7.16. The first-order chi connectivity index (χ1) is 5.41. The summed E-state index contributed by atoms with van der Waals surface area (Å²) >= 11 is 0. The van der Waals surface area contributed by atoms with Crippen molar-refractivity contribution in [2.24, 2.45) is 5.41 Å². The van der Waals surface area contributed by atoms with E-state index < -0.39 is 0 Å². The molecule has 0 aliphatic carbocycles. The van der Waals surface area contributed by atoms with Crippen molar-refractivity contribution in [2.45, 2.75) is 25.7 Å². The molecule has 0 aromatic rings. The number of nitrogens with one attached hydrogen (secondary N) is 2. The molecule has 2 aliphatic rings. The monoisotopic (exact) mass is 154 g/mol. The molecule has 2 aliphatic heterocycles. The first-order valence-corrected chi connectivity index (χ1v) is 4.83. The van der Waals surface area contributed by atoms with Crippen molar-refractivity contribution in [3.05, 3.63) is 0 Å². The van der Waals surface area contributed by atoms with E-state index in [1.807, 2.05) is 0 Å². The Morgan fingerprint density at radius 2 is 1.45 bits per heavy atom. The van der Waals surface area contributed by atoms with Gasteiger partial charge in [0.1, 0.15) is 0 Å². The average Bonchev–Trinajstić information content (AvgIpc) is 1.82. The Labute approximate surface area is 68.7 Å². The molecule has 0 aromatic heterocycles. The molecule has 2 saturated heterocycles. The summed E-state index contributed by atoms with van der Waals surface area (Å²) in [6.07, 6.45) is 5.63. The molecule has 2 rings (SSSR count). The number of hydrogen-bond donors (Lipinski definition) is 2. The Hall–Kier alpha value is -0.0800. The van der Waals surface area contributed by atoms with Gasteiger partial charge in [0.15, 0.2) is 0 Å². The van der Waals surface area contributed by atoms with E-state index in [1.165, 1.54) is 51.9 Å². The predicted octanol–water partition coefficient (Wildman–Crippen LogP) is 0.740. The summed E-state index contributed by atoms with van der Waals surface area (Å²) in [7, 11) is 0. The van der Waals surface area contributed by atoms with Crippen molar-refractivity contribution in [3.8, 4) is 0 Å². The van der Waals surface area contributed by atoms with E-state index in [1.54, 1.807) is 0 Å². The van der Waals surface area contributed by atoms with Crippen LogP contribution in [-0.2, 0) is 0 Å². The van der Waals surface area contributed by atoms with Gasteiger partial charge >= 0.3 is 0 Å². The van der Waals surface area contributed by atoms with Gasteiger partial charge in [-0.15, -0.1) is 0 Å². The molecule has 0 radical (unpaired) electrons. The largest absolute Gasteiger partial charge is 0.317 e. The molecule has 1 spiro atoms. The highest BCUT2D eigenvalue weighted by molar-refractivity contribution is 4.92. The zero-order chi connectivity index (χ0) is 7.57. The van der Waals surface area contributed by atoms with Crippen LogP contribution in [0.2, 0.25) is 0 Å². The van der Waals surface area contributed by atoms with Gasteiger partial charge in [-0.2, -0.15) is 0 Å². The lowest BCUT2D eigenvalue weighted by Gasteiger charge is -2.44. The Morgan fingerprint density at radius 3 is 1.91 bits per heavy atom. The summed E-state index contributed by atoms with van der Waals surface area (Å²) < 4.78 is 0. The maximum atomic E-state index is 3.45. The Balaban J connectivity index is 1.86. The van der Waals surface area contributed by atoms with Crippen molar-refractivity contribution in [2.75, 3.05) is 26.2 Å². The molecule has 0 saturated carbocycles. The van der Waals surface area contributed by atoms with Gasteiger partial charge in [-0.25, -0.2) is 0 Å². The standard InChI is InChI=1S/C9H18N2/c1-3-9(7-11-8-9)4-2-6-10-5-1/h10-11H,1-8H2. The van der Waals surface area contributed by atoms with Crippen molar-refractivity contribution in [1.82, 2.24) is 10.6 Å². The van der Waals surface area contributed by atoms with Crippen LogP contribution in [0.1, 0.15) is 25.7 Å². The second-order valence-electron chi connectivity index (χ2n) is 4.06. The van der Waals surface area contributed by atoms with Crippen LogP contribution in [0.25, 0.3) is 0 Å². The summed E-state index contributed by atoms with van der Waals surface area (Å²) in [6, 6.07) is 0. The molecule has 2 heteroatoms. The van der Waals surface area contributed by atoms with Gasteiger partial charge in [0.05, 0.1) is 0 Å². The highest BCUT2D eigenvalue weighted by Crippen LogP contribution is 2.34. The maximum Gasteiger partial charge on any atom is 0.00202 e. The molecular formula is C9H18N2. The first kappa shape index (κ1) is 7.56. The summed E-state index contributed by atoms with van der Waals surface area (Å²) in [6.45, 7) is 5.05. The van der Waals surface area contributed by atoms with Gasteiger partial charge in [0.2, 0.25) is 0 Å². The van der Waals surface area contributed by atoms with Crippen LogP contribution in [0.4, 0.5) is 0 Å². The SMILES string of the molecule is C1CNCCCC2(C1)CNC2. The summed E-state index contributed by atoms with van der Waals surface area (Å²) in [4.78, 5) is 0. The lowest BCUT2D eigenvalue weighted by molar-refractivity contribution is 0.124. The molecule has 0 unspecified atom stereocenters. The third-order valence-corrected chi connectivity index (χ3v) is 3.12. The Morgan fingerprint density at radius 1 is 0.818 bits per heavy atom. The zero-order valence-corrected chi connectivity index (χ0v) is 7.16. The predicted molar refractivity (Wildman–Crippen MR) is 46.6 cm³/mol. The van der Waals surface area contributed by atoms with E-state index in [2.05, 4.69) is 10.6 Å². The molecular weight excluding hydrogens is 136 g/mol. The lowest BCUT2D eigenvalue weighted by atomic mass is 9.73. The van der Waals surface area contributed by atoms with Crippen LogP contribution in [0.15, 0.2) is 0 Å². The van der Waals surface area contributed by atoms with E-state index in [-0.39, 0.29) is 0 Å². The second-order valence-corrected chi connectivity index (χ2v) is 4.06. The quantitative estimate of drug-likeness (QED) is 0.538. The fourth-order valence-electron chi connectivity index (χ4n) is 2.26. The minimum atomic E-state index is 0.724. The van der Waals surface area contributed by atoms with Crippen LogP contribution in [-0.4, -0.2) is 26.2 Å². The Kier molecular flexibility index (Phi) is 2.14. The fourth-order valence-corrected chi connectivity index (χ4v) is 2.26. The fraction of sp³-hybridized carbons (Fsp3) is 1.00. The molecule has 2 fully saturated rings. The molecule has 0 atom stereocenters. The van der Waals surface area contributed by atoms with Gasteiger partial charge in [0, 0.05) is 13.1 Å². The van der Waals surface area contributed by atoms with Crippen LogP contribution < -0.4 is 10.6 Å². The van der Waals surface area contributed by atoms with Crippen LogP contribution in [0, 0.1) is 5.41 Å². The van der Waals surface area contributed by atoms with Gasteiger partial charge in [-0.05, 0) is 44.2 Å². The van der Waals surface area contributed by atoms with Crippen LogP contribution in [0.5, 0.6) is 0 Å². The summed E-state index contributed by atoms with van der Waals surface area (Å²) in [5.41, 5.74) is 0.724. The minimum Gasteiger partial charge on any atom is -0.317 e. The minimum absolute atomic E-state index is 0.724. The van der Waals surface area contributed by atoms with E-state index >= 15 is 0 Å². The third-order valence-electron chi connectivity index (χ3n) is 3.12. The van der Waals surface area contributed by atoms with E-state index in [4.69, 9.17) is 0 Å². The maximum absolute atomic E-state index is 3.45. The molecule has 64 valence electrons. The second kappa shape index (κ2) is 3.11. The van der Waals surface area contributed by atoms with Crippen LogP contribution >= 0.6 is 0 Å². The van der Waals surface area contributed by atoms with E-state index in [0.717, 1.165) is 5.41 Å². The van der Waals surface area contributed by atoms with E-state index in [9.17, 15) is 0 Å². The third kappa shape index (κ3) is 1.57. The smallest absolute Gasteiger partial charge is 0.00202 e. The topological polar surface area (TPSA) is 24.1 Å². The molecule has 2 N–H and O–H groups in total. The van der Waals surface area contributed by atoms with Crippen molar-refractivity contribution in [3.63, 3.8) is 0 Å². The van der Waals surface area contributed by atoms with E-state index in [0.29, 0.717) is 0 Å². The number of hydrogen-bond acceptors (Lipinski definition) is 2. The summed E-state index contributed by atoms with van der Waals surface area (Å²) in [5, 5.41) is 6.85. The molecule has 11 heavy (non-hydrogen) atoms.